The van der Waals surface area contributed by atoms with Crippen molar-refractivity contribution in [1.82, 2.24) is 4.98 Å². The molecule has 1 heterocycles. The van der Waals surface area contributed by atoms with Crippen LogP contribution < -0.4 is 9.80 Å². The molecule has 0 radical (unpaired) electrons. The summed E-state index contributed by atoms with van der Waals surface area (Å²) < 4.78 is 0.993. The van der Waals surface area contributed by atoms with Gasteiger partial charge in [0.25, 0.3) is 0 Å². The molecule has 4 heteroatoms. The first kappa shape index (κ1) is 26.7. The summed E-state index contributed by atoms with van der Waals surface area (Å²) in [6.07, 6.45) is 1.85. The number of hydrogen-bond donors (Lipinski definition) is 0. The molecule has 0 saturated carbocycles. The molecule has 0 N–H and O–H groups in total. The predicted octanol–water partition coefficient (Wildman–Crippen LogP) is 11.6. The number of para-hydroxylation sites is 3. The van der Waals surface area contributed by atoms with Crippen LogP contribution in [0.2, 0.25) is 0 Å². The molecular formula is C39H28BrN3. The maximum absolute atomic E-state index is 4.66. The summed E-state index contributed by atoms with van der Waals surface area (Å²) in [5, 5.41) is 2.31. The molecule has 7 rings (SSSR count). The molecule has 0 aliphatic rings. The highest BCUT2D eigenvalue weighted by molar-refractivity contribution is 9.10. The molecule has 0 bridgehead atoms. The molecule has 0 saturated heterocycles. The molecule has 0 fully saturated rings. The number of pyridine rings is 1. The van der Waals surface area contributed by atoms with Gasteiger partial charge in [0.1, 0.15) is 0 Å². The standard InChI is InChI=1S/C39H28BrN3/c40-29-26-33(42(30-14-4-1-5-15-30)31-16-6-2-7-17-31)28-34(27-29)43(32-18-8-3-9-19-32)39-24-23-36(38-22-12-13-25-41-38)35-20-10-11-21-37(35)39/h1-28H. The molecule has 0 unspecified atom stereocenters. The third kappa shape index (κ3) is 5.41. The zero-order valence-electron chi connectivity index (χ0n) is 23.4. The highest BCUT2D eigenvalue weighted by atomic mass is 79.9. The van der Waals surface area contributed by atoms with E-state index < -0.39 is 0 Å². The van der Waals surface area contributed by atoms with E-state index in [-0.39, 0.29) is 0 Å². The molecule has 3 nitrogen and oxygen atoms in total. The summed E-state index contributed by atoms with van der Waals surface area (Å²) in [7, 11) is 0. The molecule has 0 atom stereocenters. The third-order valence-electron chi connectivity index (χ3n) is 7.51. The first-order valence-electron chi connectivity index (χ1n) is 14.3. The summed E-state index contributed by atoms with van der Waals surface area (Å²) in [5.41, 5.74) is 8.53. The topological polar surface area (TPSA) is 19.4 Å². The summed E-state index contributed by atoms with van der Waals surface area (Å²) in [4.78, 5) is 9.30. The van der Waals surface area contributed by atoms with Gasteiger partial charge in [0, 0.05) is 50.1 Å². The second-order valence-corrected chi connectivity index (χ2v) is 11.2. The van der Waals surface area contributed by atoms with Crippen molar-refractivity contribution in [2.45, 2.75) is 0 Å². The van der Waals surface area contributed by atoms with Gasteiger partial charge in [-0.05, 0) is 78.2 Å². The lowest BCUT2D eigenvalue weighted by molar-refractivity contribution is 1.25. The van der Waals surface area contributed by atoms with Crippen molar-refractivity contribution in [3.63, 3.8) is 0 Å². The van der Waals surface area contributed by atoms with E-state index in [0.29, 0.717) is 0 Å². The van der Waals surface area contributed by atoms with Crippen LogP contribution in [0, 0.1) is 0 Å². The Morgan fingerprint density at radius 1 is 0.419 bits per heavy atom. The van der Waals surface area contributed by atoms with Gasteiger partial charge in [-0.25, -0.2) is 0 Å². The molecule has 6 aromatic carbocycles. The largest absolute Gasteiger partial charge is 0.310 e. The van der Waals surface area contributed by atoms with E-state index in [1.54, 1.807) is 0 Å². The first-order valence-corrected chi connectivity index (χ1v) is 15.0. The Kier molecular flexibility index (Phi) is 7.43. The fraction of sp³-hybridized carbons (Fsp3) is 0. The molecule has 7 aromatic rings. The van der Waals surface area contributed by atoms with Gasteiger partial charge in [0.2, 0.25) is 0 Å². The van der Waals surface area contributed by atoms with Crippen LogP contribution in [-0.4, -0.2) is 4.98 Å². The minimum absolute atomic E-state index is 0.961. The van der Waals surface area contributed by atoms with Crippen molar-refractivity contribution in [3.05, 3.63) is 174 Å². The number of hydrogen-bond acceptors (Lipinski definition) is 3. The van der Waals surface area contributed by atoms with Gasteiger partial charge in [0.05, 0.1) is 11.4 Å². The van der Waals surface area contributed by atoms with E-state index in [1.165, 1.54) is 0 Å². The minimum Gasteiger partial charge on any atom is -0.310 e. The maximum Gasteiger partial charge on any atom is 0.0708 e. The quantitative estimate of drug-likeness (QED) is 0.177. The highest BCUT2D eigenvalue weighted by Gasteiger charge is 2.20. The van der Waals surface area contributed by atoms with Crippen LogP contribution in [0.4, 0.5) is 34.1 Å². The van der Waals surface area contributed by atoms with Gasteiger partial charge < -0.3 is 9.80 Å². The molecule has 206 valence electrons. The lowest BCUT2D eigenvalue weighted by Gasteiger charge is -2.30. The molecule has 1 aromatic heterocycles. The highest BCUT2D eigenvalue weighted by Crippen LogP contribution is 2.45. The number of rotatable bonds is 7. The van der Waals surface area contributed by atoms with Gasteiger partial charge in [-0.3, -0.25) is 4.98 Å². The predicted molar refractivity (Wildman–Crippen MR) is 184 cm³/mol. The Labute approximate surface area is 260 Å². The zero-order valence-corrected chi connectivity index (χ0v) is 25.0. The van der Waals surface area contributed by atoms with Gasteiger partial charge >= 0.3 is 0 Å². The molecule has 0 aliphatic carbocycles. The maximum atomic E-state index is 4.66. The number of anilines is 6. The van der Waals surface area contributed by atoms with Gasteiger partial charge in [0.15, 0.2) is 0 Å². The Balaban J connectivity index is 1.45. The van der Waals surface area contributed by atoms with Crippen LogP contribution in [0.3, 0.4) is 0 Å². The van der Waals surface area contributed by atoms with Gasteiger partial charge in [-0.2, -0.15) is 0 Å². The molecule has 0 spiro atoms. The molecule has 0 aliphatic heterocycles. The normalized spacial score (nSPS) is 10.9. The molecule has 43 heavy (non-hydrogen) atoms. The monoisotopic (exact) mass is 617 g/mol. The van der Waals surface area contributed by atoms with Crippen molar-refractivity contribution in [2.75, 3.05) is 9.80 Å². The van der Waals surface area contributed by atoms with Gasteiger partial charge in [-0.1, -0.05) is 107 Å². The van der Waals surface area contributed by atoms with Crippen LogP contribution >= 0.6 is 15.9 Å². The van der Waals surface area contributed by atoms with E-state index in [2.05, 4.69) is 182 Å². The van der Waals surface area contributed by atoms with Crippen LogP contribution in [0.25, 0.3) is 22.0 Å². The first-order chi connectivity index (χ1) is 21.3. The summed E-state index contributed by atoms with van der Waals surface area (Å²) in [6, 6.07) is 57.2. The SMILES string of the molecule is Brc1cc(N(c2ccccc2)c2ccccc2)cc(N(c2ccccc2)c2ccc(-c3ccccn3)c3ccccc23)c1. The number of fused-ring (bicyclic) bond motifs is 1. The van der Waals surface area contributed by atoms with Crippen molar-refractivity contribution >= 4 is 60.8 Å². The van der Waals surface area contributed by atoms with E-state index in [1.807, 2.05) is 18.3 Å². The fourth-order valence-corrected chi connectivity index (χ4v) is 6.12. The fourth-order valence-electron chi connectivity index (χ4n) is 5.65. The molecular weight excluding hydrogens is 590 g/mol. The second-order valence-electron chi connectivity index (χ2n) is 10.2. The smallest absolute Gasteiger partial charge is 0.0708 e. The lowest BCUT2D eigenvalue weighted by Crippen LogP contribution is -2.13. The van der Waals surface area contributed by atoms with Crippen molar-refractivity contribution < 1.29 is 0 Å². The zero-order chi connectivity index (χ0) is 29.0. The number of halogens is 1. The number of benzene rings is 6. The van der Waals surface area contributed by atoms with Crippen LogP contribution in [-0.2, 0) is 0 Å². The number of aromatic nitrogens is 1. The van der Waals surface area contributed by atoms with Crippen molar-refractivity contribution in [1.29, 1.82) is 0 Å². The average Bonchev–Trinajstić information content (AvgIpc) is 3.07. The van der Waals surface area contributed by atoms with E-state index >= 15 is 0 Å². The Bertz CT molecular complexity index is 1940. The van der Waals surface area contributed by atoms with Crippen molar-refractivity contribution in [2.24, 2.45) is 0 Å². The Morgan fingerprint density at radius 2 is 0.930 bits per heavy atom. The number of nitrogens with zero attached hydrogens (tertiary/aromatic N) is 3. The Morgan fingerprint density at radius 3 is 1.51 bits per heavy atom. The second kappa shape index (κ2) is 12.0. The van der Waals surface area contributed by atoms with Crippen LogP contribution in [0.1, 0.15) is 0 Å². The van der Waals surface area contributed by atoms with E-state index in [9.17, 15) is 0 Å². The lowest BCUT2D eigenvalue weighted by atomic mass is 9.99. The average molecular weight is 619 g/mol. The molecule has 0 amide bonds. The Hall–Kier alpha value is -5.19. The van der Waals surface area contributed by atoms with E-state index in [0.717, 1.165) is 60.6 Å². The summed E-state index contributed by atoms with van der Waals surface area (Å²) in [5.74, 6) is 0. The van der Waals surface area contributed by atoms with Crippen molar-refractivity contribution in [3.8, 4) is 11.3 Å². The summed E-state index contributed by atoms with van der Waals surface area (Å²) >= 11 is 3.87. The van der Waals surface area contributed by atoms with E-state index in [4.69, 9.17) is 0 Å². The third-order valence-corrected chi connectivity index (χ3v) is 7.97. The summed E-state index contributed by atoms with van der Waals surface area (Å²) in [6.45, 7) is 0. The van der Waals surface area contributed by atoms with Gasteiger partial charge in [-0.15, -0.1) is 0 Å². The van der Waals surface area contributed by atoms with Crippen LogP contribution in [0.5, 0.6) is 0 Å². The van der Waals surface area contributed by atoms with Crippen LogP contribution in [0.15, 0.2) is 174 Å². The minimum atomic E-state index is 0.961.